The number of hydrogen-bond donors (Lipinski definition) is 2. The first-order chi connectivity index (χ1) is 7.75. The van der Waals surface area contributed by atoms with Crippen LogP contribution in [0.4, 0.5) is 0 Å². The van der Waals surface area contributed by atoms with Crippen LogP contribution >= 0.6 is 11.6 Å². The summed E-state index contributed by atoms with van der Waals surface area (Å²) in [7, 11) is 0. The Kier molecular flexibility index (Phi) is 2.26. The fraction of sp³-hybridized carbons (Fsp3) is 0.364. The minimum Gasteiger partial charge on any atom is -0.506 e. The van der Waals surface area contributed by atoms with Gasteiger partial charge in [0.15, 0.2) is 5.15 Å². The third-order valence-electron chi connectivity index (χ3n) is 3.03. The minimum atomic E-state index is 0.230. The van der Waals surface area contributed by atoms with E-state index < -0.39 is 0 Å². The quantitative estimate of drug-likeness (QED) is 0.795. The molecule has 1 saturated heterocycles. The molecule has 84 valence electrons. The number of fused-ring (bicyclic) bond motifs is 1. The van der Waals surface area contributed by atoms with E-state index in [1.165, 1.54) is 0 Å². The SMILES string of the molecule is Oc1ccc2c(Cl)nc(C3CCNC3)n2c1. The zero-order valence-electron chi connectivity index (χ0n) is 8.65. The lowest BCUT2D eigenvalue weighted by Gasteiger charge is -2.07. The average molecular weight is 238 g/mol. The van der Waals surface area contributed by atoms with E-state index in [4.69, 9.17) is 11.6 Å². The number of pyridine rings is 1. The van der Waals surface area contributed by atoms with Crippen LogP contribution in [0.15, 0.2) is 18.3 Å². The lowest BCUT2D eigenvalue weighted by Crippen LogP contribution is -2.10. The molecule has 2 aromatic heterocycles. The van der Waals surface area contributed by atoms with Crippen molar-refractivity contribution in [2.24, 2.45) is 0 Å². The van der Waals surface area contributed by atoms with Crippen molar-refractivity contribution in [2.75, 3.05) is 13.1 Å². The van der Waals surface area contributed by atoms with Crippen LogP contribution in [0.3, 0.4) is 0 Å². The number of nitrogens with zero attached hydrogens (tertiary/aromatic N) is 2. The van der Waals surface area contributed by atoms with Crippen molar-refractivity contribution in [3.8, 4) is 5.75 Å². The van der Waals surface area contributed by atoms with Gasteiger partial charge in [0.2, 0.25) is 0 Å². The first kappa shape index (κ1) is 9.93. The summed E-state index contributed by atoms with van der Waals surface area (Å²) < 4.78 is 1.88. The monoisotopic (exact) mass is 237 g/mol. The molecule has 1 aliphatic rings. The summed E-state index contributed by atoms with van der Waals surface area (Å²) in [5, 5.41) is 13.3. The highest BCUT2D eigenvalue weighted by atomic mass is 35.5. The van der Waals surface area contributed by atoms with Crippen LogP contribution in [-0.2, 0) is 0 Å². The Bertz CT molecular complexity index is 531. The first-order valence-electron chi connectivity index (χ1n) is 5.33. The molecule has 0 aromatic carbocycles. The molecular formula is C11H12ClN3O. The number of nitrogens with one attached hydrogen (secondary N) is 1. The van der Waals surface area contributed by atoms with Crippen LogP contribution in [0.5, 0.6) is 5.75 Å². The standard InChI is InChI=1S/C11H12ClN3O/c12-10-9-2-1-8(16)6-15(9)11(14-10)7-3-4-13-5-7/h1-2,6-7,13,16H,3-5H2. The van der Waals surface area contributed by atoms with Crippen molar-refractivity contribution in [3.63, 3.8) is 0 Å². The molecule has 4 nitrogen and oxygen atoms in total. The van der Waals surface area contributed by atoms with Crippen LogP contribution in [-0.4, -0.2) is 27.6 Å². The third kappa shape index (κ3) is 1.45. The number of aromatic nitrogens is 2. The van der Waals surface area contributed by atoms with Gasteiger partial charge in [-0.3, -0.25) is 4.40 Å². The summed E-state index contributed by atoms with van der Waals surface area (Å²) in [4.78, 5) is 4.39. The summed E-state index contributed by atoms with van der Waals surface area (Å²) in [6.45, 7) is 1.93. The van der Waals surface area contributed by atoms with E-state index in [0.29, 0.717) is 11.1 Å². The maximum Gasteiger partial charge on any atom is 0.155 e. The molecule has 3 heterocycles. The molecule has 2 N–H and O–H groups in total. The van der Waals surface area contributed by atoms with Gasteiger partial charge in [-0.05, 0) is 25.1 Å². The molecule has 1 fully saturated rings. The van der Waals surface area contributed by atoms with Crippen LogP contribution in [0.1, 0.15) is 18.2 Å². The maximum absolute atomic E-state index is 9.50. The number of hydrogen-bond acceptors (Lipinski definition) is 3. The Morgan fingerprint density at radius 1 is 1.50 bits per heavy atom. The van der Waals surface area contributed by atoms with Crippen molar-refractivity contribution < 1.29 is 5.11 Å². The Morgan fingerprint density at radius 2 is 2.38 bits per heavy atom. The molecular weight excluding hydrogens is 226 g/mol. The van der Waals surface area contributed by atoms with E-state index >= 15 is 0 Å². The molecule has 0 aliphatic carbocycles. The van der Waals surface area contributed by atoms with Crippen LogP contribution in [0, 0.1) is 0 Å². The lowest BCUT2D eigenvalue weighted by molar-refractivity contribution is 0.471. The molecule has 0 amide bonds. The predicted molar refractivity (Wildman–Crippen MR) is 62.1 cm³/mol. The fourth-order valence-corrected chi connectivity index (χ4v) is 2.46. The molecule has 0 radical (unpaired) electrons. The molecule has 1 aliphatic heterocycles. The molecule has 1 atom stereocenters. The molecule has 2 aromatic rings. The summed E-state index contributed by atoms with van der Waals surface area (Å²) in [6, 6.07) is 3.41. The van der Waals surface area contributed by atoms with Crippen molar-refractivity contribution in [2.45, 2.75) is 12.3 Å². The highest BCUT2D eigenvalue weighted by Gasteiger charge is 2.22. The maximum atomic E-state index is 9.50. The number of imidazole rings is 1. The van der Waals surface area contributed by atoms with Gasteiger partial charge >= 0.3 is 0 Å². The normalized spacial score (nSPS) is 20.7. The van der Waals surface area contributed by atoms with Gasteiger partial charge in [0, 0.05) is 12.5 Å². The van der Waals surface area contributed by atoms with Crippen molar-refractivity contribution >= 4 is 17.1 Å². The van der Waals surface area contributed by atoms with Crippen LogP contribution < -0.4 is 5.32 Å². The second-order valence-corrected chi connectivity index (χ2v) is 4.45. The minimum absolute atomic E-state index is 0.230. The smallest absolute Gasteiger partial charge is 0.155 e. The van der Waals surface area contributed by atoms with Crippen molar-refractivity contribution in [1.82, 2.24) is 14.7 Å². The van der Waals surface area contributed by atoms with Gasteiger partial charge in [-0.15, -0.1) is 0 Å². The van der Waals surface area contributed by atoms with Gasteiger partial charge in [-0.25, -0.2) is 4.98 Å². The van der Waals surface area contributed by atoms with E-state index in [1.807, 2.05) is 4.40 Å². The highest BCUT2D eigenvalue weighted by molar-refractivity contribution is 6.32. The van der Waals surface area contributed by atoms with Crippen LogP contribution in [0.25, 0.3) is 5.52 Å². The van der Waals surface area contributed by atoms with E-state index in [2.05, 4.69) is 10.3 Å². The lowest BCUT2D eigenvalue weighted by atomic mass is 10.1. The van der Waals surface area contributed by atoms with E-state index in [-0.39, 0.29) is 5.75 Å². The average Bonchev–Trinajstić information content (AvgIpc) is 2.86. The zero-order valence-corrected chi connectivity index (χ0v) is 9.41. The Morgan fingerprint density at radius 3 is 3.12 bits per heavy atom. The summed E-state index contributed by atoms with van der Waals surface area (Å²) >= 11 is 6.07. The topological polar surface area (TPSA) is 49.6 Å². The zero-order chi connectivity index (χ0) is 11.1. The van der Waals surface area contributed by atoms with Gasteiger partial charge in [0.1, 0.15) is 11.6 Å². The van der Waals surface area contributed by atoms with Gasteiger partial charge in [-0.2, -0.15) is 0 Å². The molecule has 5 heteroatoms. The van der Waals surface area contributed by atoms with Gasteiger partial charge in [0.25, 0.3) is 0 Å². The molecule has 0 bridgehead atoms. The summed E-state index contributed by atoms with van der Waals surface area (Å²) in [5.41, 5.74) is 0.848. The predicted octanol–water partition coefficient (Wildman–Crippen LogP) is 1.77. The third-order valence-corrected chi connectivity index (χ3v) is 3.31. The van der Waals surface area contributed by atoms with Gasteiger partial charge in [0.05, 0.1) is 11.7 Å². The summed E-state index contributed by atoms with van der Waals surface area (Å²) in [6.07, 6.45) is 2.73. The van der Waals surface area contributed by atoms with Gasteiger partial charge in [-0.1, -0.05) is 11.6 Å². The molecule has 3 rings (SSSR count). The molecule has 16 heavy (non-hydrogen) atoms. The summed E-state index contributed by atoms with van der Waals surface area (Å²) in [5.74, 6) is 1.54. The van der Waals surface area contributed by atoms with E-state index in [1.54, 1.807) is 18.3 Å². The highest BCUT2D eigenvalue weighted by Crippen LogP contribution is 2.28. The Hall–Kier alpha value is -1.26. The molecule has 0 saturated carbocycles. The second-order valence-electron chi connectivity index (χ2n) is 4.09. The van der Waals surface area contributed by atoms with Crippen LogP contribution in [0.2, 0.25) is 5.15 Å². The Labute approximate surface area is 97.9 Å². The Balaban J connectivity index is 2.19. The van der Waals surface area contributed by atoms with Crippen molar-refractivity contribution in [3.05, 3.63) is 29.3 Å². The largest absolute Gasteiger partial charge is 0.506 e. The molecule has 0 spiro atoms. The van der Waals surface area contributed by atoms with E-state index in [0.717, 1.165) is 30.9 Å². The first-order valence-corrected chi connectivity index (χ1v) is 5.70. The fourth-order valence-electron chi connectivity index (χ4n) is 2.22. The molecule has 1 unspecified atom stereocenters. The second kappa shape index (κ2) is 3.64. The van der Waals surface area contributed by atoms with Gasteiger partial charge < -0.3 is 10.4 Å². The number of rotatable bonds is 1. The number of aromatic hydroxyl groups is 1. The van der Waals surface area contributed by atoms with E-state index in [9.17, 15) is 5.11 Å². The number of halogens is 1. The van der Waals surface area contributed by atoms with Crippen molar-refractivity contribution in [1.29, 1.82) is 0 Å².